The summed E-state index contributed by atoms with van der Waals surface area (Å²) in [4.78, 5) is -0.695. The van der Waals surface area contributed by atoms with Gasteiger partial charge in [0, 0.05) is 4.47 Å². The molecule has 0 aliphatic carbocycles. The van der Waals surface area contributed by atoms with E-state index in [1.165, 1.54) is 30.3 Å². The molecule has 0 aliphatic rings. The van der Waals surface area contributed by atoms with Crippen LogP contribution in [0.5, 0.6) is 0 Å². The first-order chi connectivity index (χ1) is 9.70. The normalized spacial score (nSPS) is 13.3. The lowest BCUT2D eigenvalue weighted by molar-refractivity contribution is -0.138. The summed E-state index contributed by atoms with van der Waals surface area (Å²) in [5, 5.41) is 0. The molecule has 0 saturated heterocycles. The largest absolute Gasteiger partial charge is 0.416 e. The quantitative estimate of drug-likeness (QED) is 0.319. The maximum absolute atomic E-state index is 13.2. The first-order valence-corrected chi connectivity index (χ1v) is 8.16. The molecule has 21 heavy (non-hydrogen) atoms. The monoisotopic (exact) mass is 488 g/mol. The zero-order chi connectivity index (χ0) is 15.8. The molecule has 0 nitrogen and oxygen atoms in total. The minimum absolute atomic E-state index is 0.0733. The minimum Gasteiger partial charge on any atom is -0.206 e. The van der Waals surface area contributed by atoms with Crippen LogP contribution in [-0.4, -0.2) is 0 Å². The van der Waals surface area contributed by atoms with Gasteiger partial charge in [0.15, 0.2) is 0 Å². The molecule has 1 unspecified atom stereocenters. The molecule has 0 saturated carbocycles. The lowest BCUT2D eigenvalue weighted by Gasteiger charge is -2.18. The molecule has 0 N–H and O–H groups in total. The predicted molar refractivity (Wildman–Crippen MR) is 84.0 cm³/mol. The smallest absolute Gasteiger partial charge is 0.206 e. The Morgan fingerprint density at radius 2 is 1.62 bits per heavy atom. The van der Waals surface area contributed by atoms with Crippen LogP contribution in [-0.2, 0) is 6.18 Å². The van der Waals surface area contributed by atoms with Gasteiger partial charge in [-0.05, 0) is 51.3 Å². The Kier molecular flexibility index (Phi) is 5.15. The van der Waals surface area contributed by atoms with Crippen molar-refractivity contribution in [2.24, 2.45) is 0 Å². The van der Waals surface area contributed by atoms with Crippen LogP contribution in [0.2, 0.25) is 0 Å². The number of hydrogen-bond acceptors (Lipinski definition) is 0. The minimum atomic E-state index is -4.47. The third-order valence-electron chi connectivity index (χ3n) is 2.83. The number of rotatable bonds is 2. The van der Waals surface area contributed by atoms with Crippen LogP contribution in [0.4, 0.5) is 17.6 Å². The molecule has 0 spiro atoms. The second-order valence-corrected chi connectivity index (χ2v) is 6.95. The van der Waals surface area contributed by atoms with Crippen LogP contribution in [0.25, 0.3) is 0 Å². The van der Waals surface area contributed by atoms with Crippen molar-refractivity contribution in [3.63, 3.8) is 0 Å². The Morgan fingerprint density at radius 1 is 0.952 bits per heavy atom. The molecule has 0 amide bonds. The molecule has 1 atom stereocenters. The third-order valence-corrected chi connectivity index (χ3v) is 4.95. The standard InChI is InChI=1S/C14H7Br3F4/c15-8-2-3-9(10(6-8)14(19,20)21)13(17)7-1-4-12(18)11(16)5-7/h1-6,13H. The summed E-state index contributed by atoms with van der Waals surface area (Å²) in [5.74, 6) is -0.467. The van der Waals surface area contributed by atoms with Gasteiger partial charge in [-0.2, -0.15) is 13.2 Å². The summed E-state index contributed by atoms with van der Waals surface area (Å²) in [5.41, 5.74) is -0.139. The SMILES string of the molecule is Fc1ccc(C(Br)c2ccc(Br)cc2C(F)(F)F)cc1Br. The van der Waals surface area contributed by atoms with Gasteiger partial charge in [-0.3, -0.25) is 0 Å². The predicted octanol–water partition coefficient (Wildman–Crippen LogP) is 6.85. The number of hydrogen-bond donors (Lipinski definition) is 0. The van der Waals surface area contributed by atoms with Gasteiger partial charge in [0.1, 0.15) is 5.82 Å². The van der Waals surface area contributed by atoms with E-state index in [-0.39, 0.29) is 10.0 Å². The molecule has 7 heteroatoms. The lowest BCUT2D eigenvalue weighted by atomic mass is 9.99. The molecule has 0 heterocycles. The Hall–Kier alpha value is -0.400. The van der Waals surface area contributed by atoms with Gasteiger partial charge in [0.25, 0.3) is 0 Å². The molecule has 0 aliphatic heterocycles. The van der Waals surface area contributed by atoms with Crippen molar-refractivity contribution < 1.29 is 17.6 Å². The zero-order valence-corrected chi connectivity index (χ0v) is 14.9. The Bertz CT molecular complexity index is 668. The highest BCUT2D eigenvalue weighted by molar-refractivity contribution is 9.10. The third kappa shape index (κ3) is 3.87. The highest BCUT2D eigenvalue weighted by Crippen LogP contribution is 2.41. The number of alkyl halides is 4. The van der Waals surface area contributed by atoms with Crippen LogP contribution >= 0.6 is 47.8 Å². The van der Waals surface area contributed by atoms with Gasteiger partial charge in [-0.25, -0.2) is 4.39 Å². The molecule has 2 rings (SSSR count). The molecular formula is C14H7Br3F4. The van der Waals surface area contributed by atoms with Crippen molar-refractivity contribution in [3.05, 3.63) is 67.9 Å². The van der Waals surface area contributed by atoms with Gasteiger partial charge in [0.05, 0.1) is 14.9 Å². The van der Waals surface area contributed by atoms with E-state index in [1.807, 2.05) is 0 Å². The van der Waals surface area contributed by atoms with Crippen molar-refractivity contribution in [2.45, 2.75) is 11.0 Å². The van der Waals surface area contributed by atoms with Crippen molar-refractivity contribution in [3.8, 4) is 0 Å². The van der Waals surface area contributed by atoms with E-state index in [0.29, 0.717) is 10.0 Å². The van der Waals surface area contributed by atoms with Gasteiger partial charge in [-0.1, -0.05) is 44.0 Å². The van der Waals surface area contributed by atoms with Crippen molar-refractivity contribution in [2.75, 3.05) is 0 Å². The van der Waals surface area contributed by atoms with Crippen LogP contribution in [0.3, 0.4) is 0 Å². The lowest BCUT2D eigenvalue weighted by Crippen LogP contribution is -2.10. The van der Waals surface area contributed by atoms with Crippen molar-refractivity contribution in [1.29, 1.82) is 0 Å². The van der Waals surface area contributed by atoms with E-state index in [0.717, 1.165) is 6.07 Å². The summed E-state index contributed by atoms with van der Waals surface area (Å²) in [6.07, 6.45) is -4.47. The van der Waals surface area contributed by atoms with Gasteiger partial charge < -0.3 is 0 Å². The molecule has 112 valence electrons. The van der Waals surface area contributed by atoms with Crippen molar-refractivity contribution >= 4 is 47.8 Å². The fraction of sp³-hybridized carbons (Fsp3) is 0.143. The van der Waals surface area contributed by atoms with Crippen LogP contribution in [0.15, 0.2) is 45.3 Å². The second kappa shape index (κ2) is 6.38. The number of benzene rings is 2. The van der Waals surface area contributed by atoms with Crippen LogP contribution < -0.4 is 0 Å². The van der Waals surface area contributed by atoms with E-state index in [4.69, 9.17) is 0 Å². The maximum atomic E-state index is 13.2. The van der Waals surface area contributed by atoms with E-state index in [9.17, 15) is 17.6 Å². The fourth-order valence-electron chi connectivity index (χ4n) is 1.84. The first-order valence-electron chi connectivity index (χ1n) is 5.66. The average molecular weight is 491 g/mol. The first kappa shape index (κ1) is 17.0. The van der Waals surface area contributed by atoms with Gasteiger partial charge in [0.2, 0.25) is 0 Å². The molecule has 0 fully saturated rings. The molecule has 0 bridgehead atoms. The highest BCUT2D eigenvalue weighted by Gasteiger charge is 2.35. The maximum Gasteiger partial charge on any atom is 0.416 e. The summed E-state index contributed by atoms with van der Waals surface area (Å²) >= 11 is 9.34. The van der Waals surface area contributed by atoms with E-state index in [2.05, 4.69) is 47.8 Å². The Labute approximate surface area is 143 Å². The second-order valence-electron chi connectivity index (χ2n) is 4.27. The van der Waals surface area contributed by atoms with Crippen LogP contribution in [0.1, 0.15) is 21.5 Å². The highest BCUT2D eigenvalue weighted by atomic mass is 79.9. The summed E-state index contributed by atoms with van der Waals surface area (Å²) in [6.45, 7) is 0. The fourth-order valence-corrected chi connectivity index (χ4v) is 3.29. The van der Waals surface area contributed by atoms with Gasteiger partial charge in [-0.15, -0.1) is 0 Å². The molecule has 2 aromatic rings. The van der Waals surface area contributed by atoms with Crippen LogP contribution in [0, 0.1) is 5.82 Å². The van der Waals surface area contributed by atoms with E-state index < -0.39 is 22.4 Å². The Morgan fingerprint density at radius 3 is 2.19 bits per heavy atom. The molecular weight excluding hydrogens is 484 g/mol. The number of halogens is 7. The zero-order valence-electron chi connectivity index (χ0n) is 10.2. The molecule has 0 radical (unpaired) electrons. The Balaban J connectivity index is 2.52. The van der Waals surface area contributed by atoms with E-state index >= 15 is 0 Å². The summed E-state index contributed by atoms with van der Waals surface area (Å²) in [6, 6.07) is 8.07. The summed E-state index contributed by atoms with van der Waals surface area (Å²) in [7, 11) is 0. The van der Waals surface area contributed by atoms with E-state index in [1.54, 1.807) is 0 Å². The topological polar surface area (TPSA) is 0 Å². The van der Waals surface area contributed by atoms with Crippen molar-refractivity contribution in [1.82, 2.24) is 0 Å². The van der Waals surface area contributed by atoms with Gasteiger partial charge >= 0.3 is 6.18 Å². The molecule has 2 aromatic carbocycles. The molecule has 0 aromatic heterocycles. The average Bonchev–Trinajstić information content (AvgIpc) is 2.40. The summed E-state index contributed by atoms with van der Waals surface area (Å²) < 4.78 is 53.2.